The summed E-state index contributed by atoms with van der Waals surface area (Å²) in [5.74, 6) is 0. The molecule has 0 aliphatic heterocycles. The standard InChI is InChI=1S/C56H38N2O.C55H36N2O2.C19H18BrP.C4H9O.K/c1-2-38-18-20-39(21-19-38)40-22-24-41(25-23-40)42-26-30-44(31-27-42)57(45-32-28-43(29-33-45)48-13-9-14-52-51-12-5-8-17-55(51)59-56(48)52)46-34-36-47(37-35-46)58-53-15-6-3-10-49(53)50-11-4-7-16-54(50)58;58-36-37-16-18-38(19-17-37)39-20-22-40(23-21-39)41-24-28-43(29-25-41)56(44-30-26-42(27-31-44)47-11-7-12-51-50-10-3-6-15-54(50)59-55(47)51)45-32-34-46(35-33-45)57-52-13-4-1-8-48(52)49-9-2-5-14-53(49)57;1-21(20,17-11-5-2-6-12-17,18-13-7-3-8-14-18)19-15-9-4-10-16-19;1-4(2,3)5;/h2-37H,1H2;1-36H;2-16H,1H3;1-3H3;/q;;;-1;+1. The van der Waals surface area contributed by atoms with E-state index in [-0.39, 0.29) is 51.4 Å². The summed E-state index contributed by atoms with van der Waals surface area (Å²) in [5, 5.41) is 21.1. The van der Waals surface area contributed by atoms with Gasteiger partial charge in [-0.25, -0.2) is 0 Å². The maximum absolute atomic E-state index is 11.1. The first-order valence-corrected chi connectivity index (χ1v) is 53.3. The van der Waals surface area contributed by atoms with Crippen LogP contribution in [0.2, 0.25) is 0 Å². The van der Waals surface area contributed by atoms with Gasteiger partial charge < -0.3 is 32.9 Å². The molecule has 0 saturated heterocycles. The number of rotatable bonds is 19. The van der Waals surface area contributed by atoms with E-state index in [1.165, 1.54) is 81.8 Å². The van der Waals surface area contributed by atoms with E-state index in [1.807, 2.05) is 54.6 Å². The van der Waals surface area contributed by atoms with Crippen molar-refractivity contribution >= 4 is 171 Å². The number of fused-ring (bicyclic) bond motifs is 12. The summed E-state index contributed by atoms with van der Waals surface area (Å²) < 4.78 is 17.5. The number of hydrogen-bond donors (Lipinski definition) is 0. The van der Waals surface area contributed by atoms with Crippen LogP contribution in [0.4, 0.5) is 34.1 Å². The monoisotopic (exact) mass is 1980 g/mol. The molecule has 21 aromatic carbocycles. The Morgan fingerprint density at radius 3 is 0.766 bits per heavy atom. The number of aldehydes is 1. The van der Waals surface area contributed by atoms with Crippen LogP contribution in [0.5, 0.6) is 0 Å². The number of carbonyl (C=O) groups is 1. The van der Waals surface area contributed by atoms with Gasteiger partial charge in [-0.3, -0.25) is 4.79 Å². The molecule has 0 N–H and O–H groups in total. The van der Waals surface area contributed by atoms with E-state index >= 15 is 0 Å². The van der Waals surface area contributed by atoms with Gasteiger partial charge in [-0.05, 0) is 195 Å². The van der Waals surface area contributed by atoms with Gasteiger partial charge in [0, 0.05) is 105 Å². The molecule has 0 aliphatic rings. The minimum Gasteiger partial charge on any atom is -0.455 e. The number of furan rings is 2. The van der Waals surface area contributed by atoms with Crippen molar-refractivity contribution in [1.82, 2.24) is 9.13 Å². The summed E-state index contributed by atoms with van der Waals surface area (Å²) in [4.78, 5) is 15.8. The third-order valence-electron chi connectivity index (χ3n) is 27.2. The topological polar surface area (TPSA) is 82.8 Å². The molecule has 0 fully saturated rings. The van der Waals surface area contributed by atoms with E-state index in [0.717, 1.165) is 146 Å². The van der Waals surface area contributed by atoms with Crippen LogP contribution in [-0.2, 0) is 0 Å². The Morgan fingerprint density at radius 2 is 0.490 bits per heavy atom. The number of halogens is 1. The average molecular weight is 1980 g/mol. The Hall–Kier alpha value is -15.7. The van der Waals surface area contributed by atoms with Crippen molar-refractivity contribution in [2.24, 2.45) is 0 Å². The summed E-state index contributed by atoms with van der Waals surface area (Å²) >= 11 is 4.24. The fraction of sp³-hybridized carbons (Fsp3) is 0.0373. The van der Waals surface area contributed by atoms with E-state index in [9.17, 15) is 9.90 Å². The predicted molar refractivity (Wildman–Crippen MR) is 613 cm³/mol. The average Bonchev–Trinajstić information content (AvgIpc) is 1.69. The molecule has 0 bridgehead atoms. The first-order chi connectivity index (χ1) is 70.5. The van der Waals surface area contributed by atoms with Crippen molar-refractivity contribution in [3.63, 3.8) is 0 Å². The van der Waals surface area contributed by atoms with E-state index in [0.29, 0.717) is 5.56 Å². The molecule has 8 nitrogen and oxygen atoms in total. The van der Waals surface area contributed by atoms with Crippen LogP contribution < -0.4 is 82.2 Å². The second-order valence-electron chi connectivity index (χ2n) is 37.5. The third-order valence-corrected chi connectivity index (χ3v) is 35.5. The van der Waals surface area contributed by atoms with Gasteiger partial charge in [-0.1, -0.05) is 325 Å². The van der Waals surface area contributed by atoms with Crippen molar-refractivity contribution in [2.45, 2.75) is 26.4 Å². The molecule has 4 heterocycles. The van der Waals surface area contributed by atoms with Crippen LogP contribution in [0, 0.1) is 0 Å². The zero-order valence-electron chi connectivity index (χ0n) is 81.2. The van der Waals surface area contributed by atoms with Crippen LogP contribution >= 0.6 is 20.8 Å². The minimum absolute atomic E-state index is 0. The molecule has 0 saturated carbocycles. The van der Waals surface area contributed by atoms with E-state index in [4.69, 9.17) is 8.83 Å². The Kier molecular flexibility index (Phi) is 27.2. The largest absolute Gasteiger partial charge is 1.00 e. The molecular weight excluding hydrogens is 1880 g/mol. The molecule has 4 aromatic heterocycles. The van der Waals surface area contributed by atoms with Crippen molar-refractivity contribution in [1.29, 1.82) is 0 Å². The summed E-state index contributed by atoms with van der Waals surface area (Å²) in [6.07, 6.45) is 2.75. The Labute approximate surface area is 895 Å². The Bertz CT molecular complexity index is 8270. The van der Waals surface area contributed by atoms with Crippen molar-refractivity contribution in [2.75, 3.05) is 16.5 Å². The van der Waals surface area contributed by atoms with Crippen molar-refractivity contribution in [3.8, 4) is 78.1 Å². The number of nitrogens with zero attached hydrogens (tertiary/aromatic N) is 4. The summed E-state index contributed by atoms with van der Waals surface area (Å²) in [5.41, 5.74) is 31.6. The first-order valence-electron chi connectivity index (χ1n) is 48.6. The fourth-order valence-corrected chi connectivity index (χ4v) is 25.7. The van der Waals surface area contributed by atoms with Gasteiger partial charge in [-0.15, -0.1) is 5.60 Å². The van der Waals surface area contributed by atoms with Gasteiger partial charge in [0.2, 0.25) is 0 Å². The molecule has 0 spiro atoms. The zero-order chi connectivity index (χ0) is 97.9. The zero-order valence-corrected chi connectivity index (χ0v) is 86.8. The van der Waals surface area contributed by atoms with E-state index in [2.05, 4.69) is 515 Å². The minimum atomic E-state index is -2.56. The molecule has 0 radical (unpaired) electrons. The number of aromatic nitrogens is 2. The van der Waals surface area contributed by atoms with Crippen LogP contribution in [-0.4, -0.2) is 27.7 Å². The number of benzene rings is 21. The smallest absolute Gasteiger partial charge is 0.455 e. The van der Waals surface area contributed by atoms with Gasteiger partial charge in [0.05, 0.1) is 22.1 Å². The van der Waals surface area contributed by atoms with Crippen LogP contribution in [0.1, 0.15) is 36.7 Å². The normalized spacial score (nSPS) is 11.7. The second-order valence-corrected chi connectivity index (χ2v) is 47.2. The molecular formula is C134H101BrKN4O4P. The third kappa shape index (κ3) is 19.2. The van der Waals surface area contributed by atoms with Gasteiger partial charge in [0.15, 0.2) is 0 Å². The number of hydrogen-bond acceptors (Lipinski definition) is 6. The molecule has 0 amide bonds. The van der Waals surface area contributed by atoms with Crippen LogP contribution in [0.3, 0.4) is 0 Å². The van der Waals surface area contributed by atoms with Crippen molar-refractivity contribution < 1.29 is 70.1 Å². The first kappa shape index (κ1) is 95.5. The maximum Gasteiger partial charge on any atom is 1.00 e. The van der Waals surface area contributed by atoms with Gasteiger partial charge in [-0.2, -0.15) is 0 Å². The molecule has 11 heteroatoms. The quantitative estimate of drug-likeness (QED) is 0.0456. The number of para-hydroxylation sites is 8. The van der Waals surface area contributed by atoms with Crippen LogP contribution in [0.25, 0.3) is 172 Å². The van der Waals surface area contributed by atoms with Crippen molar-refractivity contribution in [3.05, 3.63) is 533 Å². The molecule has 0 unspecified atom stereocenters. The molecule has 0 atom stereocenters. The second kappa shape index (κ2) is 41.3. The summed E-state index contributed by atoms with van der Waals surface area (Å²) in [7, 11) is 0. The fourth-order valence-electron chi connectivity index (χ4n) is 20.0. The molecule has 145 heavy (non-hydrogen) atoms. The SMILES string of the molecule is C=Cc1ccc(-c2ccc(-c3ccc(N(c4ccc(-c5cccc6c5oc5ccccc56)cc4)c4ccc(-n5c6ccccc6c6ccccc65)cc4)cc3)cc2)cc1.CC(C)(C)[O-].CP(Br)(c1ccccc1)(c1ccccc1)c1ccccc1.O=Cc1ccc(-c2ccc(-c3ccc(N(c4ccc(-c5cccc6c5oc5ccccc56)cc4)c4ccc(-n5c6ccccc6c6ccccc65)cc4)cc3)cc2)cc1.[K+]. The van der Waals surface area contributed by atoms with E-state index < -0.39 is 10.9 Å². The molecule has 0 aliphatic carbocycles. The Morgan fingerprint density at radius 1 is 0.269 bits per heavy atom. The predicted octanol–water partition coefficient (Wildman–Crippen LogP) is 32.4. The molecule has 25 rings (SSSR count). The molecule has 25 aromatic rings. The van der Waals surface area contributed by atoms with E-state index in [1.54, 1.807) is 20.8 Å². The van der Waals surface area contributed by atoms with Crippen LogP contribution in [0.15, 0.2) is 531 Å². The number of carbonyl (C=O) groups excluding carboxylic acids is 1. The maximum atomic E-state index is 11.1. The Balaban J connectivity index is 0.000000136. The van der Waals surface area contributed by atoms with Gasteiger partial charge >= 0.3 is 186 Å². The summed E-state index contributed by atoms with van der Waals surface area (Å²) in [6, 6.07) is 183. The van der Waals surface area contributed by atoms with Gasteiger partial charge in [0.25, 0.3) is 0 Å². The molecule has 694 valence electrons. The van der Waals surface area contributed by atoms with Gasteiger partial charge in [0.1, 0.15) is 28.6 Å². The summed E-state index contributed by atoms with van der Waals surface area (Å²) in [6.45, 7) is 11.1. The number of anilines is 6.